The highest BCUT2D eigenvalue weighted by atomic mass is 32.1. The van der Waals surface area contributed by atoms with Crippen LogP contribution >= 0.6 is 11.3 Å². The fourth-order valence-corrected chi connectivity index (χ4v) is 3.03. The number of anilines is 1. The third kappa shape index (κ3) is 4.03. The van der Waals surface area contributed by atoms with Crippen LogP contribution in [0.2, 0.25) is 0 Å². The number of rotatable bonds is 5. The molecule has 5 nitrogen and oxygen atoms in total. The molecule has 1 aliphatic rings. The molecule has 2 N–H and O–H groups in total. The van der Waals surface area contributed by atoms with Crippen LogP contribution in [0.1, 0.15) is 31.7 Å². The Kier molecular flexibility index (Phi) is 4.66. The summed E-state index contributed by atoms with van der Waals surface area (Å²) in [7, 11) is 0. The summed E-state index contributed by atoms with van der Waals surface area (Å²) >= 11 is 1.48. The van der Waals surface area contributed by atoms with Crippen molar-refractivity contribution in [3.05, 3.63) is 5.01 Å². The first-order valence-electron chi connectivity index (χ1n) is 6.46. The average Bonchev–Trinajstić information content (AvgIpc) is 2.89. The summed E-state index contributed by atoms with van der Waals surface area (Å²) in [6, 6.07) is 0. The number of hydrogen-bond donors (Lipinski definition) is 2. The predicted octanol–water partition coefficient (Wildman–Crippen LogP) is 1.67. The van der Waals surface area contributed by atoms with Crippen molar-refractivity contribution in [1.29, 1.82) is 0 Å². The molecule has 0 saturated carbocycles. The predicted molar refractivity (Wildman–Crippen MR) is 72.7 cm³/mol. The van der Waals surface area contributed by atoms with Crippen LogP contribution in [0.15, 0.2) is 0 Å². The van der Waals surface area contributed by atoms with E-state index in [9.17, 15) is 4.79 Å². The van der Waals surface area contributed by atoms with Gasteiger partial charge in [0.05, 0.1) is 0 Å². The van der Waals surface area contributed by atoms with Gasteiger partial charge in [-0.3, -0.25) is 4.79 Å². The maximum Gasteiger partial charge on any atom is 0.226 e. The number of carbonyl (C=O) groups is 1. The summed E-state index contributed by atoms with van der Waals surface area (Å²) < 4.78 is 0. The first-order chi connectivity index (χ1) is 8.63. The van der Waals surface area contributed by atoms with Gasteiger partial charge in [-0.25, -0.2) is 0 Å². The molecule has 1 unspecified atom stereocenters. The van der Waals surface area contributed by atoms with Gasteiger partial charge in [-0.05, 0) is 31.3 Å². The Morgan fingerprint density at radius 1 is 1.56 bits per heavy atom. The zero-order valence-corrected chi connectivity index (χ0v) is 11.7. The monoisotopic (exact) mass is 268 g/mol. The normalized spacial score (nSPS) is 19.4. The Labute approximate surface area is 111 Å². The molecule has 1 atom stereocenters. The highest BCUT2D eigenvalue weighted by Crippen LogP contribution is 2.19. The van der Waals surface area contributed by atoms with Crippen LogP contribution in [0.25, 0.3) is 0 Å². The maximum atomic E-state index is 11.8. The quantitative estimate of drug-likeness (QED) is 0.852. The smallest absolute Gasteiger partial charge is 0.226 e. The first kappa shape index (κ1) is 13.4. The molecule has 0 bridgehead atoms. The van der Waals surface area contributed by atoms with Crippen LogP contribution < -0.4 is 10.6 Å². The molecular weight excluding hydrogens is 248 g/mol. The molecule has 2 heterocycles. The number of carbonyl (C=O) groups excluding carboxylic acids is 1. The van der Waals surface area contributed by atoms with E-state index < -0.39 is 0 Å². The Hall–Kier alpha value is -1.01. The van der Waals surface area contributed by atoms with Gasteiger partial charge in [-0.2, -0.15) is 0 Å². The van der Waals surface area contributed by atoms with E-state index in [1.54, 1.807) is 0 Å². The van der Waals surface area contributed by atoms with Crippen LogP contribution in [-0.4, -0.2) is 29.2 Å². The summed E-state index contributed by atoms with van der Waals surface area (Å²) in [6.45, 7) is 6.26. The van der Waals surface area contributed by atoms with Crippen LogP contribution in [0.4, 0.5) is 5.13 Å². The standard InChI is InChI=1S/C12H20N4OS/c1-8(2)5-11-15-16-12(18-11)14-10(17)6-9-3-4-13-7-9/h8-9,13H,3-7H2,1-2H3,(H,14,16,17). The number of amides is 1. The molecule has 18 heavy (non-hydrogen) atoms. The molecule has 0 aromatic carbocycles. The van der Waals surface area contributed by atoms with Gasteiger partial charge in [0.25, 0.3) is 0 Å². The van der Waals surface area contributed by atoms with E-state index in [-0.39, 0.29) is 5.91 Å². The molecule has 100 valence electrons. The average molecular weight is 268 g/mol. The highest BCUT2D eigenvalue weighted by Gasteiger charge is 2.18. The van der Waals surface area contributed by atoms with Crippen LogP contribution in [0.5, 0.6) is 0 Å². The zero-order chi connectivity index (χ0) is 13.0. The minimum absolute atomic E-state index is 0.0518. The second kappa shape index (κ2) is 6.24. The van der Waals surface area contributed by atoms with Gasteiger partial charge in [-0.15, -0.1) is 10.2 Å². The first-order valence-corrected chi connectivity index (χ1v) is 7.28. The van der Waals surface area contributed by atoms with Gasteiger partial charge in [0.1, 0.15) is 5.01 Å². The van der Waals surface area contributed by atoms with Crippen molar-refractivity contribution < 1.29 is 4.79 Å². The van der Waals surface area contributed by atoms with E-state index in [0.29, 0.717) is 23.4 Å². The third-order valence-corrected chi connectivity index (χ3v) is 3.79. The molecular formula is C12H20N4OS. The van der Waals surface area contributed by atoms with E-state index in [1.807, 2.05) is 0 Å². The molecule has 0 spiro atoms. The van der Waals surface area contributed by atoms with Gasteiger partial charge >= 0.3 is 0 Å². The van der Waals surface area contributed by atoms with Gasteiger partial charge in [0, 0.05) is 12.8 Å². The summed E-state index contributed by atoms with van der Waals surface area (Å²) in [4.78, 5) is 11.8. The van der Waals surface area contributed by atoms with Gasteiger partial charge in [0.2, 0.25) is 11.0 Å². The number of nitrogens with one attached hydrogen (secondary N) is 2. The SMILES string of the molecule is CC(C)Cc1nnc(NC(=O)CC2CCNC2)s1. The lowest BCUT2D eigenvalue weighted by atomic mass is 10.1. The molecule has 1 fully saturated rings. The van der Waals surface area contributed by atoms with Crippen molar-refractivity contribution in [3.63, 3.8) is 0 Å². The third-order valence-electron chi connectivity index (χ3n) is 2.93. The second-order valence-corrected chi connectivity index (χ2v) is 6.27. The highest BCUT2D eigenvalue weighted by molar-refractivity contribution is 7.15. The van der Waals surface area contributed by atoms with E-state index in [1.165, 1.54) is 11.3 Å². The molecule has 1 aliphatic heterocycles. The van der Waals surface area contributed by atoms with Gasteiger partial charge < -0.3 is 10.6 Å². The Bertz CT molecular complexity index is 399. The largest absolute Gasteiger partial charge is 0.316 e. The summed E-state index contributed by atoms with van der Waals surface area (Å²) in [5.41, 5.74) is 0. The minimum Gasteiger partial charge on any atom is -0.316 e. The fourth-order valence-electron chi connectivity index (χ4n) is 2.06. The van der Waals surface area contributed by atoms with Gasteiger partial charge in [0.15, 0.2) is 0 Å². The van der Waals surface area contributed by atoms with E-state index in [4.69, 9.17) is 0 Å². The lowest BCUT2D eigenvalue weighted by molar-refractivity contribution is -0.116. The second-order valence-electron chi connectivity index (χ2n) is 5.21. The summed E-state index contributed by atoms with van der Waals surface area (Å²) in [5, 5.41) is 15.8. The minimum atomic E-state index is 0.0518. The van der Waals surface area contributed by atoms with Crippen molar-refractivity contribution >= 4 is 22.4 Å². The van der Waals surface area contributed by atoms with Crippen LogP contribution in [0.3, 0.4) is 0 Å². The van der Waals surface area contributed by atoms with E-state index in [0.717, 1.165) is 30.9 Å². The lowest BCUT2D eigenvalue weighted by Crippen LogP contribution is -2.18. The van der Waals surface area contributed by atoms with Crippen molar-refractivity contribution in [2.24, 2.45) is 11.8 Å². The lowest BCUT2D eigenvalue weighted by Gasteiger charge is -2.06. The van der Waals surface area contributed by atoms with Crippen molar-refractivity contribution in [2.75, 3.05) is 18.4 Å². The number of nitrogens with zero attached hydrogens (tertiary/aromatic N) is 2. The Morgan fingerprint density at radius 2 is 2.39 bits per heavy atom. The summed E-state index contributed by atoms with van der Waals surface area (Å²) in [5.74, 6) is 1.08. The molecule has 6 heteroatoms. The van der Waals surface area contributed by atoms with Gasteiger partial charge in [-0.1, -0.05) is 25.2 Å². The van der Waals surface area contributed by atoms with Crippen molar-refractivity contribution in [2.45, 2.75) is 33.1 Å². The van der Waals surface area contributed by atoms with Crippen LogP contribution in [0, 0.1) is 11.8 Å². The molecule has 0 radical (unpaired) electrons. The topological polar surface area (TPSA) is 66.9 Å². The van der Waals surface area contributed by atoms with Crippen molar-refractivity contribution in [3.8, 4) is 0 Å². The van der Waals surface area contributed by atoms with Crippen molar-refractivity contribution in [1.82, 2.24) is 15.5 Å². The molecule has 1 aromatic heterocycles. The Morgan fingerprint density at radius 3 is 3.06 bits per heavy atom. The molecule has 2 rings (SSSR count). The van der Waals surface area contributed by atoms with E-state index in [2.05, 4.69) is 34.7 Å². The fraction of sp³-hybridized carbons (Fsp3) is 0.750. The molecule has 1 aromatic rings. The molecule has 1 saturated heterocycles. The Balaban J connectivity index is 1.81. The summed E-state index contributed by atoms with van der Waals surface area (Å²) in [6.07, 6.45) is 2.58. The number of aromatic nitrogens is 2. The van der Waals surface area contributed by atoms with E-state index >= 15 is 0 Å². The molecule has 0 aliphatic carbocycles. The zero-order valence-electron chi connectivity index (χ0n) is 10.9. The molecule has 1 amide bonds. The maximum absolute atomic E-state index is 11.8. The van der Waals surface area contributed by atoms with Crippen LogP contribution in [-0.2, 0) is 11.2 Å². The number of hydrogen-bond acceptors (Lipinski definition) is 5.